The Bertz CT molecular complexity index is 1190. The van der Waals surface area contributed by atoms with E-state index < -0.39 is 0 Å². The molecule has 1 amide bonds. The van der Waals surface area contributed by atoms with Crippen LogP contribution < -0.4 is 0 Å². The van der Waals surface area contributed by atoms with Crippen LogP contribution in [0.15, 0.2) is 36.8 Å². The van der Waals surface area contributed by atoms with E-state index >= 15 is 0 Å². The van der Waals surface area contributed by atoms with Crippen LogP contribution in [0.3, 0.4) is 0 Å². The average Bonchev–Trinajstić information content (AvgIpc) is 3.32. The zero-order valence-corrected chi connectivity index (χ0v) is 15.4. The summed E-state index contributed by atoms with van der Waals surface area (Å²) in [5, 5.41) is 0. The average molecular weight is 378 g/mol. The number of halogens is 1. The van der Waals surface area contributed by atoms with Gasteiger partial charge in [0.15, 0.2) is 5.65 Å². The second kappa shape index (κ2) is 6.40. The number of carbonyl (C=O) groups is 1. The minimum Gasteiger partial charge on any atom is -0.342 e. The number of H-pyrrole nitrogens is 1. The molecule has 1 aliphatic carbocycles. The highest BCUT2D eigenvalue weighted by molar-refractivity contribution is 5.96. The maximum Gasteiger partial charge on any atom is 0.255 e. The Morgan fingerprint density at radius 2 is 2.14 bits per heavy atom. The molecular weight excluding hydrogens is 359 g/mol. The molecule has 1 aliphatic rings. The van der Waals surface area contributed by atoms with Crippen LogP contribution in [0.4, 0.5) is 4.39 Å². The van der Waals surface area contributed by atoms with Gasteiger partial charge in [-0.05, 0) is 37.1 Å². The van der Waals surface area contributed by atoms with E-state index in [2.05, 4.69) is 24.5 Å². The van der Waals surface area contributed by atoms with Crippen LogP contribution in [0.2, 0.25) is 0 Å². The number of hydrogen-bond acceptors (Lipinski definition) is 4. The Kier molecular flexibility index (Phi) is 3.85. The molecule has 7 nitrogen and oxygen atoms in total. The molecule has 1 aromatic carbocycles. The Morgan fingerprint density at radius 3 is 2.96 bits per heavy atom. The number of likely N-dealkylation sites (N-methyl/N-ethyl adjacent to an activating group) is 1. The van der Waals surface area contributed by atoms with Gasteiger partial charge in [0, 0.05) is 32.3 Å². The highest BCUT2D eigenvalue weighted by Crippen LogP contribution is 2.36. The molecule has 0 saturated heterocycles. The van der Waals surface area contributed by atoms with E-state index in [1.807, 2.05) is 0 Å². The lowest BCUT2D eigenvalue weighted by molar-refractivity contribution is 0.0796. The maximum atomic E-state index is 13.3. The molecule has 0 aliphatic heterocycles. The van der Waals surface area contributed by atoms with Crippen LogP contribution >= 0.6 is 0 Å². The van der Waals surface area contributed by atoms with Crippen LogP contribution in [-0.4, -0.2) is 48.9 Å². The summed E-state index contributed by atoms with van der Waals surface area (Å²) in [6.07, 6.45) is 6.28. The van der Waals surface area contributed by atoms with Gasteiger partial charge >= 0.3 is 0 Å². The van der Waals surface area contributed by atoms with Gasteiger partial charge in [-0.2, -0.15) is 0 Å². The van der Waals surface area contributed by atoms with Crippen LogP contribution in [0.1, 0.15) is 35.1 Å². The van der Waals surface area contributed by atoms with E-state index in [-0.39, 0.29) is 11.7 Å². The van der Waals surface area contributed by atoms with Crippen molar-refractivity contribution in [3.63, 3.8) is 0 Å². The fourth-order valence-corrected chi connectivity index (χ4v) is 3.40. The largest absolute Gasteiger partial charge is 0.342 e. The Labute approximate surface area is 160 Å². The number of pyridine rings is 1. The highest BCUT2D eigenvalue weighted by Gasteiger charge is 2.26. The summed E-state index contributed by atoms with van der Waals surface area (Å²) in [5.41, 5.74) is 3.46. The van der Waals surface area contributed by atoms with E-state index in [1.165, 1.54) is 12.1 Å². The van der Waals surface area contributed by atoms with Gasteiger partial charge in [0.1, 0.15) is 17.2 Å². The standard InChI is InChI=1S/C20H19FN6O/c1-26(7-6-18-24-15-5-2-13(21)9-16(15)25-18)20(28)12-8-17-19(22-10-12)27(11-23-17)14-3-4-14/h2,5,8-11,14H,3-4,6-7H2,1H3,(H,24,25). The Morgan fingerprint density at radius 1 is 1.29 bits per heavy atom. The molecule has 0 bridgehead atoms. The molecular formula is C20H19FN6O. The van der Waals surface area contributed by atoms with Crippen LogP contribution in [0, 0.1) is 5.82 Å². The number of nitrogens with zero attached hydrogens (tertiary/aromatic N) is 5. The van der Waals surface area contributed by atoms with E-state index in [0.29, 0.717) is 35.6 Å². The number of aromatic nitrogens is 5. The maximum absolute atomic E-state index is 13.3. The molecule has 0 unspecified atom stereocenters. The number of imidazole rings is 2. The SMILES string of the molecule is CN(CCc1nc2ccc(F)cc2[nH]1)C(=O)c1cnc2c(c1)ncn2C1CC1. The first kappa shape index (κ1) is 16.9. The van der Waals surface area contributed by atoms with Crippen molar-refractivity contribution in [2.24, 2.45) is 0 Å². The van der Waals surface area contributed by atoms with E-state index in [9.17, 15) is 9.18 Å². The lowest BCUT2D eigenvalue weighted by Gasteiger charge is -2.16. The van der Waals surface area contributed by atoms with Crippen molar-refractivity contribution < 1.29 is 9.18 Å². The molecule has 3 aromatic heterocycles. The molecule has 8 heteroatoms. The quantitative estimate of drug-likeness (QED) is 0.579. The van der Waals surface area contributed by atoms with Gasteiger partial charge in [-0.3, -0.25) is 4.79 Å². The summed E-state index contributed by atoms with van der Waals surface area (Å²) in [6.45, 7) is 0.482. The zero-order chi connectivity index (χ0) is 19.3. The van der Waals surface area contributed by atoms with Gasteiger partial charge in [0.25, 0.3) is 5.91 Å². The van der Waals surface area contributed by atoms with Crippen LogP contribution in [-0.2, 0) is 6.42 Å². The molecule has 3 heterocycles. The summed E-state index contributed by atoms with van der Waals surface area (Å²) in [5.74, 6) is 0.302. The third-order valence-corrected chi connectivity index (χ3v) is 5.12. The predicted molar refractivity (Wildman–Crippen MR) is 103 cm³/mol. The monoisotopic (exact) mass is 378 g/mol. The Balaban J connectivity index is 1.29. The van der Waals surface area contributed by atoms with Gasteiger partial charge in [-0.25, -0.2) is 19.3 Å². The van der Waals surface area contributed by atoms with Crippen molar-refractivity contribution in [2.75, 3.05) is 13.6 Å². The lowest BCUT2D eigenvalue weighted by atomic mass is 10.2. The number of rotatable bonds is 5. The number of amides is 1. The minimum absolute atomic E-state index is 0.113. The van der Waals surface area contributed by atoms with E-state index in [1.54, 1.807) is 36.6 Å². The number of aromatic amines is 1. The molecule has 28 heavy (non-hydrogen) atoms. The van der Waals surface area contributed by atoms with Crippen molar-refractivity contribution in [3.8, 4) is 0 Å². The molecule has 1 fully saturated rings. The van der Waals surface area contributed by atoms with Gasteiger partial charge in [-0.1, -0.05) is 0 Å². The van der Waals surface area contributed by atoms with Crippen molar-refractivity contribution in [1.82, 2.24) is 29.4 Å². The third kappa shape index (κ3) is 3.00. The van der Waals surface area contributed by atoms with Crippen molar-refractivity contribution in [2.45, 2.75) is 25.3 Å². The van der Waals surface area contributed by atoms with E-state index in [0.717, 1.165) is 29.8 Å². The topological polar surface area (TPSA) is 79.7 Å². The Hall–Kier alpha value is -3.29. The first-order valence-electron chi connectivity index (χ1n) is 9.31. The number of benzene rings is 1. The molecule has 0 radical (unpaired) electrons. The highest BCUT2D eigenvalue weighted by atomic mass is 19.1. The minimum atomic E-state index is -0.304. The van der Waals surface area contributed by atoms with Gasteiger partial charge in [0.2, 0.25) is 0 Å². The summed E-state index contributed by atoms with van der Waals surface area (Å²) >= 11 is 0. The fraction of sp³-hybridized carbons (Fsp3) is 0.300. The van der Waals surface area contributed by atoms with E-state index in [4.69, 9.17) is 0 Å². The van der Waals surface area contributed by atoms with Gasteiger partial charge in [-0.15, -0.1) is 0 Å². The number of nitrogens with one attached hydrogen (secondary N) is 1. The smallest absolute Gasteiger partial charge is 0.255 e. The first-order chi connectivity index (χ1) is 13.6. The molecule has 1 N–H and O–H groups in total. The number of hydrogen-bond donors (Lipinski definition) is 1. The predicted octanol–water partition coefficient (Wildman–Crippen LogP) is 3.10. The van der Waals surface area contributed by atoms with Crippen LogP contribution in [0.5, 0.6) is 0 Å². The summed E-state index contributed by atoms with van der Waals surface area (Å²) in [6, 6.07) is 6.74. The summed E-state index contributed by atoms with van der Waals surface area (Å²) in [4.78, 5) is 30.8. The second-order valence-electron chi connectivity index (χ2n) is 7.27. The second-order valence-corrected chi connectivity index (χ2v) is 7.27. The molecule has 142 valence electrons. The summed E-state index contributed by atoms with van der Waals surface area (Å²) in [7, 11) is 1.75. The van der Waals surface area contributed by atoms with Gasteiger partial charge in [0.05, 0.1) is 22.9 Å². The summed E-state index contributed by atoms with van der Waals surface area (Å²) < 4.78 is 15.4. The van der Waals surface area contributed by atoms with Crippen molar-refractivity contribution >= 4 is 28.1 Å². The first-order valence-corrected chi connectivity index (χ1v) is 9.31. The molecule has 0 spiro atoms. The lowest BCUT2D eigenvalue weighted by Crippen LogP contribution is -2.29. The number of carbonyl (C=O) groups excluding carboxylic acids is 1. The molecule has 1 saturated carbocycles. The molecule has 5 rings (SSSR count). The third-order valence-electron chi connectivity index (χ3n) is 5.12. The molecule has 0 atom stereocenters. The fourth-order valence-electron chi connectivity index (χ4n) is 3.40. The van der Waals surface area contributed by atoms with Crippen LogP contribution in [0.25, 0.3) is 22.2 Å². The zero-order valence-electron chi connectivity index (χ0n) is 15.4. The van der Waals surface area contributed by atoms with Crippen molar-refractivity contribution in [1.29, 1.82) is 0 Å². The normalized spacial score (nSPS) is 14.1. The van der Waals surface area contributed by atoms with Crippen molar-refractivity contribution in [3.05, 3.63) is 54.0 Å². The van der Waals surface area contributed by atoms with Gasteiger partial charge < -0.3 is 14.5 Å². The molecule has 4 aromatic rings. The number of fused-ring (bicyclic) bond motifs is 2.